The van der Waals surface area contributed by atoms with Gasteiger partial charge in [0.2, 0.25) is 0 Å². The first-order chi connectivity index (χ1) is 11.0. The van der Waals surface area contributed by atoms with Crippen LogP contribution >= 0.6 is 15.9 Å². The average Bonchev–Trinajstić information content (AvgIpc) is 3.05. The van der Waals surface area contributed by atoms with Crippen LogP contribution in [-0.2, 0) is 4.79 Å². The lowest BCUT2D eigenvalue weighted by Crippen LogP contribution is -2.40. The number of hydrogen-bond acceptors (Lipinski definition) is 4. The van der Waals surface area contributed by atoms with Crippen molar-refractivity contribution in [3.63, 3.8) is 0 Å². The number of carbonyl (C=O) groups is 2. The molecule has 1 N–H and O–H groups in total. The predicted octanol–water partition coefficient (Wildman–Crippen LogP) is 1.97. The first-order valence-electron chi connectivity index (χ1n) is 7.25. The molecular formula is C15H15BrN4O3. The Labute approximate surface area is 141 Å². The Morgan fingerprint density at radius 1 is 1.17 bits per heavy atom. The molecule has 0 radical (unpaired) electrons. The molecule has 1 aliphatic heterocycles. The number of halogens is 1. The molecule has 7 nitrogen and oxygen atoms in total. The number of carboxylic acid groups (broad SMARTS) is 1. The second-order valence-corrected chi connectivity index (χ2v) is 6.35. The molecule has 0 bridgehead atoms. The van der Waals surface area contributed by atoms with Crippen molar-refractivity contribution < 1.29 is 14.7 Å². The van der Waals surface area contributed by atoms with Crippen LogP contribution in [-0.4, -0.2) is 50.0 Å². The van der Waals surface area contributed by atoms with Gasteiger partial charge >= 0.3 is 5.97 Å². The van der Waals surface area contributed by atoms with Crippen LogP contribution in [0.4, 0.5) is 0 Å². The quantitative estimate of drug-likeness (QED) is 0.881. The van der Waals surface area contributed by atoms with Crippen molar-refractivity contribution >= 4 is 27.8 Å². The van der Waals surface area contributed by atoms with Crippen LogP contribution in [0, 0.1) is 5.92 Å². The van der Waals surface area contributed by atoms with Gasteiger partial charge in [0.05, 0.1) is 17.8 Å². The minimum atomic E-state index is -0.793. The molecule has 23 heavy (non-hydrogen) atoms. The van der Waals surface area contributed by atoms with Crippen LogP contribution in [0.5, 0.6) is 0 Å². The third-order valence-corrected chi connectivity index (χ3v) is 4.46. The van der Waals surface area contributed by atoms with E-state index in [1.807, 2.05) is 24.3 Å². The number of nitrogens with zero attached hydrogens (tertiary/aromatic N) is 4. The number of carboxylic acids is 1. The number of likely N-dealkylation sites (tertiary alicyclic amines) is 1. The van der Waals surface area contributed by atoms with Gasteiger partial charge in [0.15, 0.2) is 5.69 Å². The van der Waals surface area contributed by atoms with E-state index < -0.39 is 5.97 Å². The third kappa shape index (κ3) is 3.42. The fourth-order valence-electron chi connectivity index (χ4n) is 2.57. The lowest BCUT2D eigenvalue weighted by Gasteiger charge is -2.29. The van der Waals surface area contributed by atoms with Crippen LogP contribution in [0.25, 0.3) is 5.69 Å². The Bertz CT molecular complexity index is 721. The molecular weight excluding hydrogens is 364 g/mol. The topological polar surface area (TPSA) is 88.3 Å². The Kier molecular flexibility index (Phi) is 4.42. The Hall–Kier alpha value is -2.22. The normalized spacial score (nSPS) is 15.6. The Balaban J connectivity index is 1.69. The number of aliphatic carboxylic acids is 1. The van der Waals surface area contributed by atoms with Gasteiger partial charge in [-0.3, -0.25) is 9.59 Å². The van der Waals surface area contributed by atoms with Gasteiger partial charge in [-0.15, -0.1) is 5.10 Å². The highest BCUT2D eigenvalue weighted by atomic mass is 79.9. The standard InChI is InChI=1S/C15H15BrN4O3/c16-11-1-3-12(4-2-11)20-9-13(17-18-20)14(21)19-7-5-10(6-8-19)15(22)23/h1-4,9-10H,5-8H2,(H,22,23). The van der Waals surface area contributed by atoms with E-state index in [0.29, 0.717) is 25.9 Å². The zero-order valence-corrected chi connectivity index (χ0v) is 13.8. The van der Waals surface area contributed by atoms with Crippen LogP contribution in [0.1, 0.15) is 23.3 Å². The van der Waals surface area contributed by atoms with Crippen molar-refractivity contribution in [3.05, 3.63) is 40.6 Å². The minimum absolute atomic E-state index is 0.211. The minimum Gasteiger partial charge on any atom is -0.481 e. The number of hydrogen-bond donors (Lipinski definition) is 1. The molecule has 0 spiro atoms. The van der Waals surface area contributed by atoms with Gasteiger partial charge in [0.1, 0.15) is 0 Å². The maximum atomic E-state index is 12.4. The van der Waals surface area contributed by atoms with E-state index in [9.17, 15) is 9.59 Å². The molecule has 0 unspecified atom stereocenters. The number of aromatic nitrogens is 3. The smallest absolute Gasteiger partial charge is 0.306 e. The maximum Gasteiger partial charge on any atom is 0.306 e. The van der Waals surface area contributed by atoms with Crippen molar-refractivity contribution in [2.75, 3.05) is 13.1 Å². The van der Waals surface area contributed by atoms with Crippen molar-refractivity contribution in [3.8, 4) is 5.69 Å². The van der Waals surface area contributed by atoms with E-state index in [4.69, 9.17) is 5.11 Å². The summed E-state index contributed by atoms with van der Waals surface area (Å²) in [4.78, 5) is 25.0. The van der Waals surface area contributed by atoms with Gasteiger partial charge in [0, 0.05) is 17.6 Å². The molecule has 120 valence electrons. The number of carbonyl (C=O) groups excluding carboxylic acids is 1. The van der Waals surface area contributed by atoms with E-state index >= 15 is 0 Å². The zero-order valence-electron chi connectivity index (χ0n) is 12.2. The molecule has 1 aromatic carbocycles. The monoisotopic (exact) mass is 378 g/mol. The Morgan fingerprint density at radius 3 is 2.43 bits per heavy atom. The number of benzene rings is 1. The van der Waals surface area contributed by atoms with Crippen LogP contribution in [0.2, 0.25) is 0 Å². The molecule has 1 aromatic heterocycles. The fraction of sp³-hybridized carbons (Fsp3) is 0.333. The second-order valence-electron chi connectivity index (χ2n) is 5.43. The molecule has 2 aromatic rings. The lowest BCUT2D eigenvalue weighted by atomic mass is 9.97. The molecule has 1 saturated heterocycles. The van der Waals surface area contributed by atoms with Crippen molar-refractivity contribution in [1.29, 1.82) is 0 Å². The fourth-order valence-corrected chi connectivity index (χ4v) is 2.84. The number of piperidine rings is 1. The molecule has 1 fully saturated rings. The first-order valence-corrected chi connectivity index (χ1v) is 8.04. The van der Waals surface area contributed by atoms with Crippen LogP contribution in [0.15, 0.2) is 34.9 Å². The van der Waals surface area contributed by atoms with Crippen LogP contribution in [0.3, 0.4) is 0 Å². The van der Waals surface area contributed by atoms with Crippen molar-refractivity contribution in [1.82, 2.24) is 19.9 Å². The van der Waals surface area contributed by atoms with E-state index in [1.165, 1.54) is 0 Å². The number of amides is 1. The highest BCUT2D eigenvalue weighted by molar-refractivity contribution is 9.10. The summed E-state index contributed by atoms with van der Waals surface area (Å²) >= 11 is 3.37. The Morgan fingerprint density at radius 2 is 1.83 bits per heavy atom. The predicted molar refractivity (Wildman–Crippen MR) is 85.3 cm³/mol. The third-order valence-electron chi connectivity index (χ3n) is 3.94. The summed E-state index contributed by atoms with van der Waals surface area (Å²) in [5.41, 5.74) is 1.08. The zero-order chi connectivity index (χ0) is 16.4. The van der Waals surface area contributed by atoms with Gasteiger partial charge in [-0.25, -0.2) is 4.68 Å². The maximum absolute atomic E-state index is 12.4. The molecule has 8 heteroatoms. The number of rotatable bonds is 3. The first kappa shape index (κ1) is 15.7. The van der Waals surface area contributed by atoms with Gasteiger partial charge in [-0.2, -0.15) is 0 Å². The van der Waals surface area contributed by atoms with Gasteiger partial charge < -0.3 is 10.0 Å². The molecule has 1 amide bonds. The summed E-state index contributed by atoms with van der Waals surface area (Å²) < 4.78 is 2.50. The molecule has 3 rings (SSSR count). The highest BCUT2D eigenvalue weighted by Gasteiger charge is 2.28. The van der Waals surface area contributed by atoms with E-state index in [2.05, 4.69) is 26.2 Å². The van der Waals surface area contributed by atoms with Crippen LogP contribution < -0.4 is 0 Å². The highest BCUT2D eigenvalue weighted by Crippen LogP contribution is 2.19. The largest absolute Gasteiger partial charge is 0.481 e. The summed E-state index contributed by atoms with van der Waals surface area (Å²) in [5, 5.41) is 16.9. The van der Waals surface area contributed by atoms with Crippen molar-refractivity contribution in [2.24, 2.45) is 5.92 Å². The van der Waals surface area contributed by atoms with Gasteiger partial charge in [0.25, 0.3) is 5.91 Å². The summed E-state index contributed by atoms with van der Waals surface area (Å²) in [6, 6.07) is 7.50. The summed E-state index contributed by atoms with van der Waals surface area (Å²) in [6.45, 7) is 0.863. The molecule has 1 aliphatic rings. The SMILES string of the molecule is O=C(O)C1CCN(C(=O)c2cn(-c3ccc(Br)cc3)nn2)CC1. The lowest BCUT2D eigenvalue weighted by molar-refractivity contribution is -0.143. The van der Waals surface area contributed by atoms with Gasteiger partial charge in [-0.1, -0.05) is 21.1 Å². The average molecular weight is 379 g/mol. The van der Waals surface area contributed by atoms with Crippen molar-refractivity contribution in [2.45, 2.75) is 12.8 Å². The second kappa shape index (κ2) is 6.49. The van der Waals surface area contributed by atoms with Gasteiger partial charge in [-0.05, 0) is 37.1 Å². The van der Waals surface area contributed by atoms with E-state index in [0.717, 1.165) is 10.2 Å². The molecule has 2 heterocycles. The summed E-state index contributed by atoms with van der Waals surface area (Å²) in [6.07, 6.45) is 2.54. The van der Waals surface area contributed by atoms with E-state index in [1.54, 1.807) is 15.8 Å². The molecule has 0 aliphatic carbocycles. The summed E-state index contributed by atoms with van der Waals surface area (Å²) in [5.74, 6) is -1.37. The molecule has 0 saturated carbocycles. The summed E-state index contributed by atoms with van der Waals surface area (Å²) in [7, 11) is 0. The molecule has 0 atom stereocenters. The van der Waals surface area contributed by atoms with E-state index in [-0.39, 0.29) is 17.5 Å².